The maximum Gasteiger partial charge on any atom is 0.229 e. The molecule has 1 N–H and O–H groups in total. The summed E-state index contributed by atoms with van der Waals surface area (Å²) in [6, 6.07) is -1.14. The topological polar surface area (TPSA) is 72.2 Å². The van der Waals surface area contributed by atoms with Gasteiger partial charge in [-0.05, 0) is 13.3 Å². The zero-order chi connectivity index (χ0) is 11.1. The first kappa shape index (κ1) is 12.9. The molecule has 0 aliphatic carbocycles. The van der Waals surface area contributed by atoms with Gasteiger partial charge in [0.05, 0.1) is 6.04 Å². The molecule has 0 spiro atoms. The fourth-order valence-corrected chi connectivity index (χ4v) is 0.967. The van der Waals surface area contributed by atoms with Crippen LogP contribution in [0.3, 0.4) is 0 Å². The van der Waals surface area contributed by atoms with Crippen molar-refractivity contribution in [1.29, 1.82) is 0 Å². The van der Waals surface area contributed by atoms with E-state index in [-0.39, 0.29) is 10.8 Å². The molecule has 0 saturated heterocycles. The highest BCUT2D eigenvalue weighted by atomic mass is 16.6. The zero-order valence-electron chi connectivity index (χ0n) is 8.95. The molecule has 0 heterocycles. The van der Waals surface area contributed by atoms with Crippen LogP contribution in [-0.4, -0.2) is 22.9 Å². The van der Waals surface area contributed by atoms with Gasteiger partial charge in [0.1, 0.15) is 0 Å². The Morgan fingerprint density at radius 2 is 2.07 bits per heavy atom. The van der Waals surface area contributed by atoms with Crippen molar-refractivity contribution in [2.75, 3.05) is 0 Å². The second kappa shape index (κ2) is 6.34. The lowest BCUT2D eigenvalue weighted by Gasteiger charge is -2.14. The van der Waals surface area contributed by atoms with Gasteiger partial charge in [-0.1, -0.05) is 13.3 Å². The summed E-state index contributed by atoms with van der Waals surface area (Å²) in [5, 5.41) is 13.0. The van der Waals surface area contributed by atoms with E-state index in [0.29, 0.717) is 6.42 Å². The van der Waals surface area contributed by atoms with Gasteiger partial charge in [0.25, 0.3) is 0 Å². The molecule has 0 rings (SSSR count). The Hall–Kier alpha value is -1.13. The minimum Gasteiger partial charge on any atom is -0.347 e. The van der Waals surface area contributed by atoms with E-state index in [2.05, 4.69) is 5.32 Å². The van der Waals surface area contributed by atoms with Gasteiger partial charge in [-0.25, -0.2) is 0 Å². The average Bonchev–Trinajstić information content (AvgIpc) is 2.13. The van der Waals surface area contributed by atoms with Crippen LogP contribution >= 0.6 is 0 Å². The molecule has 0 radical (unpaired) electrons. The number of carbonyl (C=O) groups is 1. The van der Waals surface area contributed by atoms with Crippen LogP contribution < -0.4 is 5.32 Å². The second-order valence-corrected chi connectivity index (χ2v) is 3.49. The van der Waals surface area contributed by atoms with E-state index in [0.717, 1.165) is 12.8 Å². The summed E-state index contributed by atoms with van der Waals surface area (Å²) in [4.78, 5) is 21.2. The molecule has 1 amide bonds. The van der Waals surface area contributed by atoms with E-state index in [1.807, 2.05) is 6.92 Å². The number of nitro groups is 1. The minimum atomic E-state index is -0.736. The average molecular weight is 202 g/mol. The Kier molecular flexibility index (Phi) is 5.83. The summed E-state index contributed by atoms with van der Waals surface area (Å²) in [6.07, 6.45) is 2.23. The first-order valence-electron chi connectivity index (χ1n) is 4.91. The van der Waals surface area contributed by atoms with Gasteiger partial charge in [-0.3, -0.25) is 14.9 Å². The summed E-state index contributed by atoms with van der Waals surface area (Å²) in [7, 11) is 0. The molecule has 0 aliphatic heterocycles. The Balaban J connectivity index is 3.86. The third kappa shape index (κ3) is 4.79. The lowest BCUT2D eigenvalue weighted by molar-refractivity contribution is -0.521. The zero-order valence-corrected chi connectivity index (χ0v) is 8.95. The van der Waals surface area contributed by atoms with E-state index >= 15 is 0 Å². The Morgan fingerprint density at radius 1 is 1.50 bits per heavy atom. The normalized spacial score (nSPS) is 14.5. The largest absolute Gasteiger partial charge is 0.347 e. The third-order valence-corrected chi connectivity index (χ3v) is 2.20. The Morgan fingerprint density at radius 3 is 2.50 bits per heavy atom. The fraction of sp³-hybridized carbons (Fsp3) is 0.889. The molecule has 82 valence electrons. The van der Waals surface area contributed by atoms with Crippen molar-refractivity contribution in [3.8, 4) is 0 Å². The Labute approximate surface area is 84.0 Å². The van der Waals surface area contributed by atoms with Crippen LogP contribution in [0.5, 0.6) is 0 Å². The molecule has 2 atom stereocenters. The van der Waals surface area contributed by atoms with E-state index in [1.165, 1.54) is 6.92 Å². The summed E-state index contributed by atoms with van der Waals surface area (Å²) < 4.78 is 0. The van der Waals surface area contributed by atoms with Gasteiger partial charge in [-0.15, -0.1) is 0 Å². The molecule has 14 heavy (non-hydrogen) atoms. The molecule has 5 heteroatoms. The van der Waals surface area contributed by atoms with Crippen LogP contribution in [-0.2, 0) is 4.79 Å². The Bertz CT molecular complexity index is 206. The molecule has 0 aromatic rings. The van der Waals surface area contributed by atoms with Crippen molar-refractivity contribution in [3.63, 3.8) is 0 Å². The molecule has 1 unspecified atom stereocenters. The number of hydrogen-bond acceptors (Lipinski definition) is 3. The summed E-state index contributed by atoms with van der Waals surface area (Å²) in [6.45, 7) is 5.14. The maximum atomic E-state index is 11.2. The fourth-order valence-electron chi connectivity index (χ4n) is 0.967. The van der Waals surface area contributed by atoms with Crippen molar-refractivity contribution in [3.05, 3.63) is 10.1 Å². The quantitative estimate of drug-likeness (QED) is 0.522. The van der Waals surface area contributed by atoms with Crippen LogP contribution in [0.4, 0.5) is 0 Å². The smallest absolute Gasteiger partial charge is 0.229 e. The lowest BCUT2D eigenvalue weighted by Crippen LogP contribution is -2.43. The van der Waals surface area contributed by atoms with Crippen molar-refractivity contribution in [1.82, 2.24) is 5.32 Å². The number of amides is 1. The number of carbonyl (C=O) groups excluding carboxylic acids is 1. The van der Waals surface area contributed by atoms with Crippen LogP contribution in [0, 0.1) is 10.1 Å². The van der Waals surface area contributed by atoms with Gasteiger partial charge in [-0.2, -0.15) is 0 Å². The maximum absolute atomic E-state index is 11.2. The van der Waals surface area contributed by atoms with Crippen molar-refractivity contribution < 1.29 is 9.72 Å². The molecule has 0 aromatic heterocycles. The number of nitrogens with zero attached hydrogens (tertiary/aromatic N) is 1. The highest BCUT2D eigenvalue weighted by Gasteiger charge is 2.22. The van der Waals surface area contributed by atoms with Gasteiger partial charge in [0.2, 0.25) is 11.9 Å². The summed E-state index contributed by atoms with van der Waals surface area (Å²) in [5.74, 6) is -0.104. The molecular formula is C9H18N2O3. The van der Waals surface area contributed by atoms with E-state index in [4.69, 9.17) is 0 Å². The first-order chi connectivity index (χ1) is 6.49. The van der Waals surface area contributed by atoms with Gasteiger partial charge < -0.3 is 5.32 Å². The van der Waals surface area contributed by atoms with Gasteiger partial charge in [0, 0.05) is 18.3 Å². The van der Waals surface area contributed by atoms with Crippen LogP contribution in [0.15, 0.2) is 0 Å². The summed E-state index contributed by atoms with van der Waals surface area (Å²) in [5.41, 5.74) is 0. The van der Waals surface area contributed by atoms with Crippen LogP contribution in [0.2, 0.25) is 0 Å². The van der Waals surface area contributed by atoms with E-state index < -0.39 is 12.1 Å². The van der Waals surface area contributed by atoms with E-state index in [1.54, 1.807) is 6.92 Å². The number of unbranched alkanes of at least 4 members (excludes halogenated alkanes) is 1. The van der Waals surface area contributed by atoms with Crippen molar-refractivity contribution in [2.24, 2.45) is 0 Å². The predicted molar refractivity (Wildman–Crippen MR) is 53.6 cm³/mol. The standard InChI is InChI=1S/C9H18N2O3/c1-4-5-6-9(12)10-7(2)8(3)11(13)14/h7-8H,4-6H2,1-3H3,(H,10,12)/t7-,8?/m0/s1. The third-order valence-electron chi connectivity index (χ3n) is 2.20. The lowest BCUT2D eigenvalue weighted by atomic mass is 10.1. The van der Waals surface area contributed by atoms with Crippen molar-refractivity contribution >= 4 is 5.91 Å². The highest BCUT2D eigenvalue weighted by molar-refractivity contribution is 5.76. The highest BCUT2D eigenvalue weighted by Crippen LogP contribution is 1.99. The summed E-state index contributed by atoms with van der Waals surface area (Å²) >= 11 is 0. The van der Waals surface area contributed by atoms with Gasteiger partial charge in [0.15, 0.2) is 0 Å². The van der Waals surface area contributed by atoms with E-state index in [9.17, 15) is 14.9 Å². The predicted octanol–water partition coefficient (Wildman–Crippen LogP) is 1.35. The number of nitrogens with one attached hydrogen (secondary N) is 1. The van der Waals surface area contributed by atoms with Crippen molar-refractivity contribution in [2.45, 2.75) is 52.1 Å². The monoisotopic (exact) mass is 202 g/mol. The molecule has 5 nitrogen and oxygen atoms in total. The molecule has 0 bridgehead atoms. The second-order valence-electron chi connectivity index (χ2n) is 3.49. The van der Waals surface area contributed by atoms with Crippen LogP contribution in [0.25, 0.3) is 0 Å². The number of hydrogen-bond donors (Lipinski definition) is 1. The number of rotatable bonds is 6. The van der Waals surface area contributed by atoms with Crippen LogP contribution in [0.1, 0.15) is 40.0 Å². The SMILES string of the molecule is CCCCC(=O)N[C@@H](C)C(C)[N+](=O)[O-]. The molecular weight excluding hydrogens is 184 g/mol. The molecule has 0 aliphatic rings. The molecule has 0 fully saturated rings. The first-order valence-corrected chi connectivity index (χ1v) is 4.91. The van der Waals surface area contributed by atoms with Gasteiger partial charge >= 0.3 is 0 Å². The molecule has 0 saturated carbocycles. The molecule has 0 aromatic carbocycles. The minimum absolute atomic E-state index is 0.104.